The van der Waals surface area contributed by atoms with Crippen LogP contribution in [0.2, 0.25) is 0 Å². The number of nitrogens with zero attached hydrogens (tertiary/aromatic N) is 6. The Morgan fingerprint density at radius 1 is 1.18 bits per heavy atom. The molecule has 0 N–H and O–H groups in total. The molecule has 0 unspecified atom stereocenters. The van der Waals surface area contributed by atoms with Crippen LogP contribution < -0.4 is 0 Å². The van der Waals surface area contributed by atoms with E-state index >= 15 is 0 Å². The first kappa shape index (κ1) is 11.9. The zero-order chi connectivity index (χ0) is 14.5. The number of furan rings is 1. The molecule has 4 aromatic rings. The fraction of sp³-hybridized carbons (Fsp3) is 0.333. The zero-order valence-corrected chi connectivity index (χ0v) is 11.9. The van der Waals surface area contributed by atoms with E-state index in [1.54, 1.807) is 17.1 Å². The largest absolute Gasteiger partial charge is 0.461 e. The van der Waals surface area contributed by atoms with Crippen LogP contribution in [0, 0.1) is 0 Å². The van der Waals surface area contributed by atoms with E-state index in [4.69, 9.17) is 4.42 Å². The second-order valence-corrected chi connectivity index (χ2v) is 5.69. The third-order valence-corrected chi connectivity index (χ3v) is 4.34. The van der Waals surface area contributed by atoms with Crippen LogP contribution >= 0.6 is 0 Å². The summed E-state index contributed by atoms with van der Waals surface area (Å²) in [4.78, 5) is 9.13. The lowest BCUT2D eigenvalue weighted by molar-refractivity contribution is 0.478. The van der Waals surface area contributed by atoms with E-state index in [1.807, 2.05) is 23.0 Å². The van der Waals surface area contributed by atoms with Gasteiger partial charge in [0.2, 0.25) is 5.82 Å². The summed E-state index contributed by atoms with van der Waals surface area (Å²) >= 11 is 0. The number of hydrogen-bond acceptors (Lipinski definition) is 5. The molecule has 110 valence electrons. The van der Waals surface area contributed by atoms with Crippen molar-refractivity contribution in [3.8, 4) is 11.6 Å². The maximum absolute atomic E-state index is 5.37. The van der Waals surface area contributed by atoms with Crippen LogP contribution in [0.1, 0.15) is 31.7 Å². The Balaban J connectivity index is 1.71. The van der Waals surface area contributed by atoms with Gasteiger partial charge in [-0.25, -0.2) is 19.2 Å². The van der Waals surface area contributed by atoms with Gasteiger partial charge in [-0.05, 0) is 25.0 Å². The second-order valence-electron chi connectivity index (χ2n) is 5.69. The van der Waals surface area contributed by atoms with Gasteiger partial charge in [-0.3, -0.25) is 0 Å². The van der Waals surface area contributed by atoms with E-state index in [0.29, 0.717) is 17.6 Å². The van der Waals surface area contributed by atoms with Gasteiger partial charge in [0.15, 0.2) is 17.1 Å². The Morgan fingerprint density at radius 3 is 2.91 bits per heavy atom. The van der Waals surface area contributed by atoms with Crippen LogP contribution in [-0.2, 0) is 0 Å². The smallest absolute Gasteiger partial charge is 0.217 e. The molecule has 0 aromatic carbocycles. The Kier molecular flexibility index (Phi) is 2.38. The molecule has 0 bridgehead atoms. The molecule has 7 nitrogen and oxygen atoms in total. The van der Waals surface area contributed by atoms with E-state index in [0.717, 1.165) is 16.7 Å². The molecule has 1 saturated carbocycles. The second kappa shape index (κ2) is 4.40. The molecule has 0 saturated heterocycles. The Hall–Kier alpha value is -2.70. The summed E-state index contributed by atoms with van der Waals surface area (Å²) in [5.41, 5.74) is 1.65. The minimum absolute atomic E-state index is 0.458. The maximum atomic E-state index is 5.37. The van der Waals surface area contributed by atoms with E-state index in [1.165, 1.54) is 25.7 Å². The lowest BCUT2D eigenvalue weighted by Crippen LogP contribution is -2.07. The zero-order valence-electron chi connectivity index (χ0n) is 11.9. The minimum atomic E-state index is 0.458. The predicted octanol–water partition coefficient (Wildman–Crippen LogP) is 2.85. The number of hydrogen-bond donors (Lipinski definition) is 0. The first-order chi connectivity index (χ1) is 10.9. The molecular weight excluding hydrogens is 280 g/mol. The van der Waals surface area contributed by atoms with Crippen molar-refractivity contribution in [1.82, 2.24) is 29.4 Å². The van der Waals surface area contributed by atoms with Crippen molar-refractivity contribution < 1.29 is 4.42 Å². The Morgan fingerprint density at radius 2 is 2.09 bits per heavy atom. The lowest BCUT2D eigenvalue weighted by Gasteiger charge is -2.09. The summed E-state index contributed by atoms with van der Waals surface area (Å²) in [6.07, 6.45) is 10.0. The summed E-state index contributed by atoms with van der Waals surface area (Å²) in [7, 11) is 0. The van der Waals surface area contributed by atoms with Crippen molar-refractivity contribution >= 4 is 16.7 Å². The van der Waals surface area contributed by atoms with Gasteiger partial charge in [-0.1, -0.05) is 12.8 Å². The highest BCUT2D eigenvalue weighted by molar-refractivity contribution is 5.89. The number of aromatic nitrogens is 6. The summed E-state index contributed by atoms with van der Waals surface area (Å²) < 4.78 is 9.09. The van der Waals surface area contributed by atoms with Crippen LogP contribution in [0.3, 0.4) is 0 Å². The predicted molar refractivity (Wildman–Crippen MR) is 79.3 cm³/mol. The van der Waals surface area contributed by atoms with Gasteiger partial charge in [-0.2, -0.15) is 5.10 Å². The first-order valence-electron chi connectivity index (χ1n) is 7.52. The highest BCUT2D eigenvalue weighted by Crippen LogP contribution is 2.31. The van der Waals surface area contributed by atoms with Gasteiger partial charge in [0, 0.05) is 0 Å². The van der Waals surface area contributed by atoms with Crippen molar-refractivity contribution in [2.24, 2.45) is 0 Å². The average Bonchev–Trinajstić information content (AvgIpc) is 3.29. The molecule has 4 aromatic heterocycles. The van der Waals surface area contributed by atoms with Crippen LogP contribution in [0.5, 0.6) is 0 Å². The van der Waals surface area contributed by atoms with Crippen LogP contribution in [0.4, 0.5) is 0 Å². The van der Waals surface area contributed by atoms with Gasteiger partial charge >= 0.3 is 0 Å². The molecular formula is C15H14N6O. The van der Waals surface area contributed by atoms with Gasteiger partial charge in [0.25, 0.3) is 0 Å². The summed E-state index contributed by atoms with van der Waals surface area (Å²) in [6.45, 7) is 0. The standard InChI is InChI=1S/C15H14N6O/c1-2-5-10(4-1)21-14-11(8-17-21)15-18-13(12-6-3-7-22-12)19-20(15)9-16-14/h3,6-10H,1-2,4-5H2. The molecule has 0 radical (unpaired) electrons. The minimum Gasteiger partial charge on any atom is -0.461 e. The van der Waals surface area contributed by atoms with Crippen LogP contribution in [0.25, 0.3) is 28.3 Å². The molecule has 1 fully saturated rings. The quantitative estimate of drug-likeness (QED) is 0.568. The molecule has 1 aliphatic carbocycles. The summed E-state index contributed by atoms with van der Waals surface area (Å²) in [5, 5.41) is 9.90. The van der Waals surface area contributed by atoms with Gasteiger partial charge < -0.3 is 4.42 Å². The van der Waals surface area contributed by atoms with Crippen LogP contribution in [0.15, 0.2) is 35.3 Å². The van der Waals surface area contributed by atoms with Crippen molar-refractivity contribution in [2.75, 3.05) is 0 Å². The van der Waals surface area contributed by atoms with Crippen molar-refractivity contribution in [3.63, 3.8) is 0 Å². The first-order valence-corrected chi connectivity index (χ1v) is 7.52. The van der Waals surface area contributed by atoms with Crippen molar-refractivity contribution in [2.45, 2.75) is 31.7 Å². The molecule has 7 heteroatoms. The highest BCUT2D eigenvalue weighted by Gasteiger charge is 2.22. The molecule has 0 atom stereocenters. The van der Waals surface area contributed by atoms with E-state index < -0.39 is 0 Å². The molecule has 0 spiro atoms. The Bertz CT molecular complexity index is 945. The average molecular weight is 294 g/mol. The molecule has 22 heavy (non-hydrogen) atoms. The van der Waals surface area contributed by atoms with Gasteiger partial charge in [0.05, 0.1) is 23.9 Å². The molecule has 4 heterocycles. The molecule has 1 aliphatic rings. The third kappa shape index (κ3) is 1.62. The molecule has 0 amide bonds. The van der Waals surface area contributed by atoms with Gasteiger partial charge in [-0.15, -0.1) is 5.10 Å². The number of fused-ring (bicyclic) bond motifs is 3. The lowest BCUT2D eigenvalue weighted by atomic mass is 10.2. The normalized spacial score (nSPS) is 16.2. The Labute approximate surface area is 125 Å². The summed E-state index contributed by atoms with van der Waals surface area (Å²) in [6, 6.07) is 4.13. The fourth-order valence-electron chi connectivity index (χ4n) is 3.27. The van der Waals surface area contributed by atoms with E-state index in [-0.39, 0.29) is 0 Å². The molecule has 0 aliphatic heterocycles. The topological polar surface area (TPSA) is 74.0 Å². The third-order valence-electron chi connectivity index (χ3n) is 4.34. The van der Waals surface area contributed by atoms with Gasteiger partial charge in [0.1, 0.15) is 6.33 Å². The van der Waals surface area contributed by atoms with Crippen molar-refractivity contribution in [3.05, 3.63) is 30.9 Å². The maximum Gasteiger partial charge on any atom is 0.217 e. The molecule has 5 rings (SSSR count). The SMILES string of the molecule is c1coc(-c2nc3c4cnn(C5CCCC5)c4ncn3n2)c1. The van der Waals surface area contributed by atoms with Crippen molar-refractivity contribution in [1.29, 1.82) is 0 Å². The monoisotopic (exact) mass is 294 g/mol. The summed E-state index contributed by atoms with van der Waals surface area (Å²) in [5.74, 6) is 1.22. The highest BCUT2D eigenvalue weighted by atomic mass is 16.3. The fourth-order valence-corrected chi connectivity index (χ4v) is 3.27. The van der Waals surface area contributed by atoms with E-state index in [2.05, 4.69) is 20.2 Å². The number of rotatable bonds is 2. The van der Waals surface area contributed by atoms with Crippen LogP contribution in [-0.4, -0.2) is 29.4 Å². The van der Waals surface area contributed by atoms with E-state index in [9.17, 15) is 0 Å².